The third kappa shape index (κ3) is 3.52. The molecule has 1 fully saturated rings. The molecule has 5 nitrogen and oxygen atoms in total. The molecule has 2 heterocycles. The molecule has 1 atom stereocenters. The number of aromatic nitrogens is 3. The topological polar surface area (TPSA) is 43.2 Å². The van der Waals surface area contributed by atoms with E-state index in [9.17, 15) is 0 Å². The average Bonchev–Trinajstić information content (AvgIpc) is 3.26. The summed E-state index contributed by atoms with van der Waals surface area (Å²) in [6.07, 6.45) is 1.76. The fraction of sp³-hybridized carbons (Fsp3) is 0.263. The molecule has 1 aliphatic heterocycles. The van der Waals surface area contributed by atoms with E-state index in [1.54, 1.807) is 0 Å². The molecular weight excluding hydrogens is 336 g/mol. The molecule has 4 rings (SSSR count). The smallest absolute Gasteiger partial charge is 0.177 e. The minimum absolute atomic E-state index is 0.194. The van der Waals surface area contributed by atoms with Crippen LogP contribution in [0.3, 0.4) is 0 Å². The van der Waals surface area contributed by atoms with Gasteiger partial charge in [0, 0.05) is 17.3 Å². The molecule has 0 radical (unpaired) electrons. The van der Waals surface area contributed by atoms with Gasteiger partial charge in [-0.15, -0.1) is 5.10 Å². The lowest BCUT2D eigenvalue weighted by atomic mass is 10.2. The molecule has 1 aliphatic rings. The Balaban J connectivity index is 1.53. The van der Waals surface area contributed by atoms with E-state index >= 15 is 0 Å². The van der Waals surface area contributed by atoms with Crippen molar-refractivity contribution in [3.8, 4) is 0 Å². The second-order valence-corrected chi connectivity index (χ2v) is 6.66. The van der Waals surface area contributed by atoms with E-state index in [1.165, 1.54) is 5.56 Å². The van der Waals surface area contributed by atoms with Gasteiger partial charge in [0.2, 0.25) is 0 Å². The first-order valence-corrected chi connectivity index (χ1v) is 8.66. The monoisotopic (exact) mass is 354 g/mol. The molecule has 25 heavy (non-hydrogen) atoms. The first-order chi connectivity index (χ1) is 12.2. The summed E-state index contributed by atoms with van der Waals surface area (Å²) >= 11 is 5.93. The maximum absolute atomic E-state index is 5.93. The van der Waals surface area contributed by atoms with Crippen molar-refractivity contribution >= 4 is 17.3 Å². The molecule has 1 unspecified atom stereocenters. The van der Waals surface area contributed by atoms with Gasteiger partial charge in [-0.3, -0.25) is 0 Å². The van der Waals surface area contributed by atoms with Gasteiger partial charge in [-0.05, 0) is 42.3 Å². The molecule has 0 aliphatic carbocycles. The summed E-state index contributed by atoms with van der Waals surface area (Å²) in [5.74, 6) is 0. The highest BCUT2D eigenvalue weighted by Crippen LogP contribution is 2.31. The molecule has 1 saturated heterocycles. The minimum Gasteiger partial charge on any atom is -0.350 e. The van der Waals surface area contributed by atoms with Gasteiger partial charge in [-0.25, -0.2) is 4.68 Å². The van der Waals surface area contributed by atoms with Crippen LogP contribution in [-0.4, -0.2) is 28.1 Å². The highest BCUT2D eigenvalue weighted by Gasteiger charge is 2.29. The summed E-state index contributed by atoms with van der Waals surface area (Å²) in [7, 11) is 0. The molecule has 0 bridgehead atoms. The van der Waals surface area contributed by atoms with Gasteiger partial charge in [0.05, 0.1) is 19.3 Å². The summed E-state index contributed by atoms with van der Waals surface area (Å²) < 4.78 is 7.75. The Morgan fingerprint density at radius 2 is 2.04 bits per heavy atom. The van der Waals surface area contributed by atoms with E-state index in [1.807, 2.05) is 35.1 Å². The second-order valence-electron chi connectivity index (χ2n) is 6.22. The number of anilines is 1. The normalized spacial score (nSPS) is 17.2. The zero-order chi connectivity index (χ0) is 17.2. The summed E-state index contributed by atoms with van der Waals surface area (Å²) in [4.78, 5) is 2.23. The van der Waals surface area contributed by atoms with Crippen molar-refractivity contribution in [3.05, 3.63) is 76.6 Å². The number of halogens is 1. The fourth-order valence-corrected chi connectivity index (χ4v) is 3.19. The highest BCUT2D eigenvalue weighted by molar-refractivity contribution is 6.30. The Kier molecular flexibility index (Phi) is 4.42. The van der Waals surface area contributed by atoms with E-state index in [4.69, 9.17) is 16.3 Å². The van der Waals surface area contributed by atoms with Gasteiger partial charge in [0.15, 0.2) is 6.23 Å². The van der Waals surface area contributed by atoms with Gasteiger partial charge in [0.1, 0.15) is 5.69 Å². The van der Waals surface area contributed by atoms with E-state index in [-0.39, 0.29) is 6.23 Å². The molecule has 1 aromatic heterocycles. The van der Waals surface area contributed by atoms with Crippen LogP contribution in [0.1, 0.15) is 23.0 Å². The van der Waals surface area contributed by atoms with E-state index in [0.29, 0.717) is 13.2 Å². The number of aryl methyl sites for hydroxylation is 1. The van der Waals surface area contributed by atoms with Crippen molar-refractivity contribution in [1.29, 1.82) is 0 Å². The van der Waals surface area contributed by atoms with Crippen molar-refractivity contribution < 1.29 is 4.74 Å². The van der Waals surface area contributed by atoms with E-state index in [2.05, 4.69) is 46.4 Å². The molecule has 3 aromatic rings. The van der Waals surface area contributed by atoms with Crippen LogP contribution in [0.5, 0.6) is 0 Å². The van der Waals surface area contributed by atoms with Crippen molar-refractivity contribution in [1.82, 2.24) is 15.0 Å². The van der Waals surface area contributed by atoms with Gasteiger partial charge in [-0.1, -0.05) is 41.1 Å². The summed E-state index contributed by atoms with van der Waals surface area (Å²) in [5, 5.41) is 9.31. The lowest BCUT2D eigenvalue weighted by Gasteiger charge is -2.23. The molecule has 2 aromatic carbocycles. The molecule has 0 amide bonds. The zero-order valence-corrected chi connectivity index (χ0v) is 14.7. The Morgan fingerprint density at radius 3 is 2.84 bits per heavy atom. The molecule has 0 saturated carbocycles. The van der Waals surface area contributed by atoms with Gasteiger partial charge in [0.25, 0.3) is 0 Å². The number of hydrogen-bond donors (Lipinski definition) is 0. The standard InChI is InChI=1S/C19H19ClN4O/c1-14-3-2-4-17(11-14)24-9-10-25-19(24)18-13-23(22-21-18)12-15-5-7-16(20)8-6-15/h2-8,11,13,19H,9-10,12H2,1H3. The number of nitrogens with zero attached hydrogens (tertiary/aromatic N) is 4. The SMILES string of the molecule is Cc1cccc(N2CCOC2c2cn(Cc3ccc(Cl)cc3)nn2)c1. The fourth-order valence-electron chi connectivity index (χ4n) is 3.07. The predicted molar refractivity (Wildman–Crippen MR) is 97.8 cm³/mol. The van der Waals surface area contributed by atoms with Crippen LogP contribution in [-0.2, 0) is 11.3 Å². The van der Waals surface area contributed by atoms with Crippen LogP contribution in [0.4, 0.5) is 5.69 Å². The molecule has 128 valence electrons. The van der Waals surface area contributed by atoms with Crippen molar-refractivity contribution in [3.63, 3.8) is 0 Å². The number of benzene rings is 2. The first kappa shape index (κ1) is 16.1. The highest BCUT2D eigenvalue weighted by atomic mass is 35.5. The molecule has 0 spiro atoms. The van der Waals surface area contributed by atoms with Crippen molar-refractivity contribution in [2.75, 3.05) is 18.1 Å². The summed E-state index contributed by atoms with van der Waals surface area (Å²) in [6, 6.07) is 16.2. The van der Waals surface area contributed by atoms with Gasteiger partial charge >= 0.3 is 0 Å². The lowest BCUT2D eigenvalue weighted by molar-refractivity contribution is 0.110. The van der Waals surface area contributed by atoms with Gasteiger partial charge in [-0.2, -0.15) is 0 Å². The van der Waals surface area contributed by atoms with Crippen LogP contribution < -0.4 is 4.90 Å². The maximum atomic E-state index is 5.93. The Morgan fingerprint density at radius 1 is 1.20 bits per heavy atom. The summed E-state index contributed by atoms with van der Waals surface area (Å²) in [5.41, 5.74) is 4.33. The van der Waals surface area contributed by atoms with Crippen molar-refractivity contribution in [2.24, 2.45) is 0 Å². The molecule has 0 N–H and O–H groups in total. The maximum Gasteiger partial charge on any atom is 0.177 e. The quantitative estimate of drug-likeness (QED) is 0.714. The number of ether oxygens (including phenoxy) is 1. The Bertz CT molecular complexity index is 862. The lowest BCUT2D eigenvalue weighted by Crippen LogP contribution is -2.23. The van der Waals surface area contributed by atoms with Crippen LogP contribution in [0.2, 0.25) is 5.02 Å². The van der Waals surface area contributed by atoms with Crippen LogP contribution >= 0.6 is 11.6 Å². The third-order valence-electron chi connectivity index (χ3n) is 4.29. The Labute approximate surface area is 151 Å². The minimum atomic E-state index is -0.194. The molecular formula is C19H19ClN4O. The van der Waals surface area contributed by atoms with Crippen LogP contribution in [0.15, 0.2) is 54.7 Å². The Hall–Kier alpha value is -2.37. The van der Waals surface area contributed by atoms with E-state index in [0.717, 1.165) is 28.5 Å². The largest absolute Gasteiger partial charge is 0.350 e. The van der Waals surface area contributed by atoms with Crippen molar-refractivity contribution in [2.45, 2.75) is 19.7 Å². The zero-order valence-electron chi connectivity index (χ0n) is 14.0. The third-order valence-corrected chi connectivity index (χ3v) is 4.54. The summed E-state index contributed by atoms with van der Waals surface area (Å²) in [6.45, 7) is 4.28. The average molecular weight is 355 g/mol. The first-order valence-electron chi connectivity index (χ1n) is 8.28. The van der Waals surface area contributed by atoms with Crippen LogP contribution in [0, 0.1) is 6.92 Å². The number of rotatable bonds is 4. The van der Waals surface area contributed by atoms with Crippen LogP contribution in [0.25, 0.3) is 0 Å². The van der Waals surface area contributed by atoms with Gasteiger partial charge < -0.3 is 9.64 Å². The molecule has 6 heteroatoms. The van der Waals surface area contributed by atoms with E-state index < -0.39 is 0 Å². The second kappa shape index (κ2) is 6.86. The number of hydrogen-bond acceptors (Lipinski definition) is 4. The predicted octanol–water partition coefficient (Wildman–Crippen LogP) is 3.82.